The van der Waals surface area contributed by atoms with Crippen LogP contribution >= 0.6 is 0 Å². The van der Waals surface area contributed by atoms with Crippen molar-refractivity contribution in [2.24, 2.45) is 0 Å². The molecule has 0 spiro atoms. The van der Waals surface area contributed by atoms with E-state index in [0.29, 0.717) is 12.1 Å². The van der Waals surface area contributed by atoms with Gasteiger partial charge in [-0.15, -0.1) is 5.10 Å². The predicted molar refractivity (Wildman–Crippen MR) is 66.0 cm³/mol. The normalized spacial score (nSPS) is 10.6. The van der Waals surface area contributed by atoms with Crippen molar-refractivity contribution in [2.75, 3.05) is 5.73 Å². The zero-order valence-corrected chi connectivity index (χ0v) is 10.2. The molecule has 19 heavy (non-hydrogen) atoms. The number of aromatic nitrogens is 3. The van der Waals surface area contributed by atoms with Crippen LogP contribution in [0.4, 0.5) is 15.9 Å². The van der Waals surface area contributed by atoms with Gasteiger partial charge in [-0.1, -0.05) is 24.3 Å². The van der Waals surface area contributed by atoms with Crippen LogP contribution in [0.25, 0.3) is 0 Å². The van der Waals surface area contributed by atoms with E-state index in [1.165, 1.54) is 16.8 Å². The van der Waals surface area contributed by atoms with Gasteiger partial charge >= 0.3 is 5.69 Å². The third-order valence-electron chi connectivity index (χ3n) is 2.78. The van der Waals surface area contributed by atoms with Gasteiger partial charge in [-0.2, -0.15) is 4.39 Å². The number of nitro benzene ring substituents is 1. The summed E-state index contributed by atoms with van der Waals surface area (Å²) in [5, 5.41) is 18.2. The number of nitrogens with zero attached hydrogens (tertiary/aromatic N) is 4. The first kappa shape index (κ1) is 12.9. The third kappa shape index (κ3) is 2.37. The highest BCUT2D eigenvalue weighted by Crippen LogP contribution is 2.21. The van der Waals surface area contributed by atoms with Crippen molar-refractivity contribution in [1.82, 2.24) is 15.0 Å². The molecule has 8 heteroatoms. The fraction of sp³-hybridized carbons (Fsp3) is 0.273. The standard InChI is InChI=1S/C11H12FN5O2/c1-2-8-11(13)14-15-16(8)6-7-4-3-5-9(10(7)12)17(18)19/h3-5H,2,6,13H2,1H3. The summed E-state index contributed by atoms with van der Waals surface area (Å²) >= 11 is 0. The number of nitro groups is 1. The maximum atomic E-state index is 13.9. The number of hydrogen-bond acceptors (Lipinski definition) is 5. The van der Waals surface area contributed by atoms with Crippen LogP contribution in [0.15, 0.2) is 18.2 Å². The molecule has 0 radical (unpaired) electrons. The van der Waals surface area contributed by atoms with Gasteiger partial charge in [-0.3, -0.25) is 10.1 Å². The minimum atomic E-state index is -0.858. The largest absolute Gasteiger partial charge is 0.381 e. The number of halogens is 1. The van der Waals surface area contributed by atoms with Crippen LogP contribution in [0.5, 0.6) is 0 Å². The molecule has 0 atom stereocenters. The Balaban J connectivity index is 2.38. The fourth-order valence-corrected chi connectivity index (χ4v) is 1.83. The van der Waals surface area contributed by atoms with E-state index in [4.69, 9.17) is 5.73 Å². The van der Waals surface area contributed by atoms with Crippen LogP contribution in [0.3, 0.4) is 0 Å². The minimum Gasteiger partial charge on any atom is -0.381 e. The molecule has 0 fully saturated rings. The van der Waals surface area contributed by atoms with Gasteiger partial charge < -0.3 is 5.73 Å². The van der Waals surface area contributed by atoms with Crippen molar-refractivity contribution in [3.63, 3.8) is 0 Å². The Hall–Kier alpha value is -2.51. The lowest BCUT2D eigenvalue weighted by Crippen LogP contribution is -2.09. The van der Waals surface area contributed by atoms with Gasteiger partial charge in [0, 0.05) is 11.6 Å². The van der Waals surface area contributed by atoms with Crippen LogP contribution in [0.2, 0.25) is 0 Å². The van der Waals surface area contributed by atoms with Gasteiger partial charge in [-0.05, 0) is 6.42 Å². The molecule has 1 aromatic heterocycles. The van der Waals surface area contributed by atoms with Gasteiger partial charge in [0.05, 0.1) is 17.2 Å². The molecule has 0 aliphatic carbocycles. The van der Waals surface area contributed by atoms with Crippen LogP contribution in [0, 0.1) is 15.9 Å². The van der Waals surface area contributed by atoms with E-state index in [0.717, 1.165) is 6.07 Å². The Morgan fingerprint density at radius 3 is 2.89 bits per heavy atom. The lowest BCUT2D eigenvalue weighted by Gasteiger charge is -2.06. The SMILES string of the molecule is CCc1c(N)nnn1Cc1cccc([N+](=O)[O-])c1F. The quantitative estimate of drug-likeness (QED) is 0.667. The summed E-state index contributed by atoms with van der Waals surface area (Å²) in [6, 6.07) is 4.03. The second-order valence-corrected chi connectivity index (χ2v) is 3.94. The van der Waals surface area contributed by atoms with Crippen LogP contribution in [-0.2, 0) is 13.0 Å². The van der Waals surface area contributed by atoms with Crippen LogP contribution in [-0.4, -0.2) is 19.9 Å². The number of benzene rings is 1. The van der Waals surface area contributed by atoms with E-state index in [1.54, 1.807) is 0 Å². The highest BCUT2D eigenvalue weighted by atomic mass is 19.1. The molecule has 1 heterocycles. The van der Waals surface area contributed by atoms with Crippen molar-refractivity contribution < 1.29 is 9.31 Å². The monoisotopic (exact) mass is 265 g/mol. The summed E-state index contributed by atoms with van der Waals surface area (Å²) < 4.78 is 15.4. The lowest BCUT2D eigenvalue weighted by atomic mass is 10.2. The average Bonchev–Trinajstić information content (AvgIpc) is 2.72. The summed E-state index contributed by atoms with van der Waals surface area (Å²) in [7, 11) is 0. The van der Waals surface area contributed by atoms with Gasteiger partial charge in [0.2, 0.25) is 5.82 Å². The Morgan fingerprint density at radius 2 is 2.26 bits per heavy atom. The summed E-state index contributed by atoms with van der Waals surface area (Å²) in [5.74, 6) is -0.572. The number of hydrogen-bond donors (Lipinski definition) is 1. The van der Waals surface area contributed by atoms with E-state index in [2.05, 4.69) is 10.3 Å². The summed E-state index contributed by atoms with van der Waals surface area (Å²) in [6.07, 6.45) is 0.593. The van der Waals surface area contributed by atoms with Gasteiger partial charge in [-0.25, -0.2) is 4.68 Å². The molecule has 0 aliphatic rings. The molecule has 0 unspecified atom stereocenters. The molecule has 2 N–H and O–H groups in total. The van der Waals surface area contributed by atoms with Crippen LogP contribution < -0.4 is 5.73 Å². The predicted octanol–water partition coefficient (Wildman–Crippen LogP) is 1.52. The van der Waals surface area contributed by atoms with Gasteiger partial charge in [0.1, 0.15) is 0 Å². The molecule has 7 nitrogen and oxygen atoms in total. The molecule has 1 aromatic carbocycles. The molecular formula is C11H12FN5O2. The van der Waals surface area contributed by atoms with Crippen molar-refractivity contribution in [2.45, 2.75) is 19.9 Å². The number of anilines is 1. The molecule has 0 amide bonds. The summed E-state index contributed by atoms with van der Waals surface area (Å²) in [6.45, 7) is 1.93. The molecular weight excluding hydrogens is 253 g/mol. The second-order valence-electron chi connectivity index (χ2n) is 3.94. The highest BCUT2D eigenvalue weighted by Gasteiger charge is 2.18. The summed E-state index contributed by atoms with van der Waals surface area (Å²) in [4.78, 5) is 9.91. The molecule has 0 saturated heterocycles. The van der Waals surface area contributed by atoms with Crippen molar-refractivity contribution in [3.8, 4) is 0 Å². The molecule has 0 aliphatic heterocycles. The summed E-state index contributed by atoms with van der Waals surface area (Å²) in [5.41, 5.74) is 5.92. The fourth-order valence-electron chi connectivity index (χ4n) is 1.83. The minimum absolute atomic E-state index is 0.0564. The molecule has 0 saturated carbocycles. The van der Waals surface area contributed by atoms with Crippen molar-refractivity contribution >= 4 is 11.5 Å². The van der Waals surface area contributed by atoms with Crippen LogP contribution in [0.1, 0.15) is 18.2 Å². The number of rotatable bonds is 4. The first-order valence-corrected chi connectivity index (χ1v) is 5.64. The average molecular weight is 265 g/mol. The topological polar surface area (TPSA) is 99.9 Å². The first-order chi connectivity index (χ1) is 9.04. The number of nitrogens with two attached hydrogens (primary N) is 1. The Kier molecular flexibility index (Phi) is 3.41. The zero-order chi connectivity index (χ0) is 14.0. The van der Waals surface area contributed by atoms with E-state index < -0.39 is 16.4 Å². The van der Waals surface area contributed by atoms with Crippen molar-refractivity contribution in [1.29, 1.82) is 0 Å². The lowest BCUT2D eigenvalue weighted by molar-refractivity contribution is -0.387. The zero-order valence-electron chi connectivity index (χ0n) is 10.2. The smallest absolute Gasteiger partial charge is 0.305 e. The van der Waals surface area contributed by atoms with E-state index in [-0.39, 0.29) is 17.9 Å². The van der Waals surface area contributed by atoms with Crippen molar-refractivity contribution in [3.05, 3.63) is 45.4 Å². The molecule has 2 aromatic rings. The maximum Gasteiger partial charge on any atom is 0.305 e. The highest BCUT2D eigenvalue weighted by molar-refractivity contribution is 5.38. The number of nitrogen functional groups attached to an aromatic ring is 1. The maximum absolute atomic E-state index is 13.9. The first-order valence-electron chi connectivity index (χ1n) is 5.64. The van der Waals surface area contributed by atoms with Gasteiger partial charge in [0.25, 0.3) is 0 Å². The Labute approximate surface area is 108 Å². The Morgan fingerprint density at radius 1 is 1.53 bits per heavy atom. The molecule has 100 valence electrons. The molecule has 0 bridgehead atoms. The van der Waals surface area contributed by atoms with Gasteiger partial charge in [0.15, 0.2) is 5.82 Å². The van der Waals surface area contributed by atoms with E-state index >= 15 is 0 Å². The Bertz CT molecular complexity index is 626. The third-order valence-corrected chi connectivity index (χ3v) is 2.78. The van der Waals surface area contributed by atoms with E-state index in [1.807, 2.05) is 6.92 Å². The van der Waals surface area contributed by atoms with E-state index in [9.17, 15) is 14.5 Å². The second kappa shape index (κ2) is 5.01. The molecule has 2 rings (SSSR count).